The van der Waals surface area contributed by atoms with Crippen molar-refractivity contribution in [1.82, 2.24) is 4.90 Å². The quantitative estimate of drug-likeness (QED) is 0.818. The number of rotatable bonds is 3. The van der Waals surface area contributed by atoms with E-state index in [2.05, 4.69) is 0 Å². The van der Waals surface area contributed by atoms with Crippen LogP contribution in [-0.4, -0.2) is 54.1 Å². The fraction of sp³-hybridized carbons (Fsp3) is 0.923. The van der Waals surface area contributed by atoms with E-state index in [0.717, 1.165) is 0 Å². The van der Waals surface area contributed by atoms with Crippen LogP contribution in [0.5, 0.6) is 0 Å². The van der Waals surface area contributed by atoms with E-state index in [1.54, 1.807) is 0 Å². The van der Waals surface area contributed by atoms with E-state index in [9.17, 15) is 18.3 Å². The molecule has 0 aromatic carbocycles. The highest BCUT2D eigenvalue weighted by molar-refractivity contribution is 7.90. The summed E-state index contributed by atoms with van der Waals surface area (Å²) >= 11 is 0. The predicted molar refractivity (Wildman–Crippen MR) is 78.4 cm³/mol. The van der Waals surface area contributed by atoms with Gasteiger partial charge in [-0.3, -0.25) is 0 Å². The molecule has 0 heterocycles. The first-order chi connectivity index (χ1) is 8.92. The van der Waals surface area contributed by atoms with Gasteiger partial charge in [0.1, 0.15) is 9.84 Å². The van der Waals surface area contributed by atoms with E-state index in [-0.39, 0.29) is 23.8 Å². The number of nitrogens with two attached hydrogens (primary N) is 1. The van der Waals surface area contributed by atoms with Crippen LogP contribution < -0.4 is 5.73 Å². The van der Waals surface area contributed by atoms with Crippen molar-refractivity contribution in [3.05, 3.63) is 0 Å². The summed E-state index contributed by atoms with van der Waals surface area (Å²) in [6, 6.07) is -0.337. The molecule has 1 aliphatic rings. The van der Waals surface area contributed by atoms with Gasteiger partial charge in [-0.15, -0.1) is 0 Å². The lowest BCUT2D eigenvalue weighted by atomic mass is 9.81. The minimum Gasteiger partial charge on any atom is -0.465 e. The van der Waals surface area contributed by atoms with Gasteiger partial charge >= 0.3 is 6.09 Å². The largest absolute Gasteiger partial charge is 0.465 e. The maximum Gasteiger partial charge on any atom is 0.407 e. The number of sulfone groups is 1. The highest BCUT2D eigenvalue weighted by Crippen LogP contribution is 2.32. The van der Waals surface area contributed by atoms with Gasteiger partial charge in [-0.05, 0) is 46.0 Å². The molecule has 1 fully saturated rings. The van der Waals surface area contributed by atoms with Crippen molar-refractivity contribution in [1.29, 1.82) is 0 Å². The van der Waals surface area contributed by atoms with Gasteiger partial charge in [0.25, 0.3) is 0 Å². The van der Waals surface area contributed by atoms with Crippen molar-refractivity contribution >= 4 is 15.9 Å². The van der Waals surface area contributed by atoms with Crippen molar-refractivity contribution in [2.75, 3.05) is 12.0 Å². The Balaban J connectivity index is 2.90. The lowest BCUT2D eigenvalue weighted by Gasteiger charge is -2.44. The molecule has 20 heavy (non-hydrogen) atoms. The Hall–Kier alpha value is -0.820. The smallest absolute Gasteiger partial charge is 0.407 e. The summed E-state index contributed by atoms with van der Waals surface area (Å²) in [5.74, 6) is -0.143. The van der Waals surface area contributed by atoms with E-state index in [1.165, 1.54) is 11.2 Å². The number of nitrogens with zero attached hydrogens (tertiary/aromatic N) is 1. The fourth-order valence-electron chi connectivity index (χ4n) is 3.07. The van der Waals surface area contributed by atoms with Crippen molar-refractivity contribution in [2.24, 2.45) is 11.7 Å². The maximum atomic E-state index is 11.5. The standard InChI is InChI=1S/C13H26N2O4S/c1-13(2,3)15(12(16)17)10-5-6-11(14)9(7-10)8-20(4,18)19/h9-11H,5-8,14H2,1-4H3,(H,16,17)/t9-,10+,11-/m0/s1. The molecule has 118 valence electrons. The third-order valence-corrected chi connectivity index (χ3v) is 4.86. The number of carbonyl (C=O) groups is 1. The molecule has 0 aromatic rings. The molecule has 3 atom stereocenters. The van der Waals surface area contributed by atoms with Crippen LogP contribution in [0.15, 0.2) is 0 Å². The zero-order chi connectivity index (χ0) is 15.7. The average Bonchev–Trinajstić information content (AvgIpc) is 2.18. The Morgan fingerprint density at radius 3 is 2.30 bits per heavy atom. The molecule has 0 aliphatic heterocycles. The zero-order valence-electron chi connectivity index (χ0n) is 12.7. The summed E-state index contributed by atoms with van der Waals surface area (Å²) in [5.41, 5.74) is 5.50. The van der Waals surface area contributed by atoms with E-state index in [4.69, 9.17) is 5.73 Å². The van der Waals surface area contributed by atoms with Crippen molar-refractivity contribution in [3.8, 4) is 0 Å². The monoisotopic (exact) mass is 306 g/mol. The number of hydrogen-bond donors (Lipinski definition) is 2. The van der Waals surface area contributed by atoms with Crippen molar-refractivity contribution in [3.63, 3.8) is 0 Å². The minimum atomic E-state index is -3.11. The first kappa shape index (κ1) is 17.2. The molecule has 0 saturated heterocycles. The molecule has 0 spiro atoms. The van der Waals surface area contributed by atoms with E-state index in [0.29, 0.717) is 19.3 Å². The number of amides is 1. The lowest BCUT2D eigenvalue weighted by molar-refractivity contribution is 0.0461. The SMILES string of the molecule is CC(C)(C)N(C(=O)O)[C@@H]1CC[C@H](N)[C@H](CS(C)(=O)=O)C1. The van der Waals surface area contributed by atoms with Gasteiger partial charge < -0.3 is 15.7 Å². The molecular formula is C13H26N2O4S. The molecule has 1 saturated carbocycles. The number of hydrogen-bond acceptors (Lipinski definition) is 4. The Kier molecular flexibility index (Phi) is 5.08. The molecule has 1 rings (SSSR count). The summed E-state index contributed by atoms with van der Waals surface area (Å²) in [6.45, 7) is 5.55. The summed E-state index contributed by atoms with van der Waals surface area (Å²) < 4.78 is 22.9. The molecule has 0 unspecified atom stereocenters. The van der Waals surface area contributed by atoms with E-state index < -0.39 is 21.5 Å². The van der Waals surface area contributed by atoms with Crippen LogP contribution in [-0.2, 0) is 9.84 Å². The van der Waals surface area contributed by atoms with Gasteiger partial charge in [-0.2, -0.15) is 0 Å². The van der Waals surface area contributed by atoms with Crippen LogP contribution >= 0.6 is 0 Å². The lowest BCUT2D eigenvalue weighted by Crippen LogP contribution is -2.55. The molecule has 0 bridgehead atoms. The Bertz CT molecular complexity index is 455. The summed E-state index contributed by atoms with van der Waals surface area (Å²) in [5, 5.41) is 9.42. The van der Waals surface area contributed by atoms with Crippen molar-refractivity contribution in [2.45, 2.75) is 57.7 Å². The van der Waals surface area contributed by atoms with Crippen LogP contribution in [0.1, 0.15) is 40.0 Å². The first-order valence-corrected chi connectivity index (χ1v) is 8.93. The van der Waals surface area contributed by atoms with Gasteiger partial charge in [-0.25, -0.2) is 13.2 Å². The van der Waals surface area contributed by atoms with E-state index >= 15 is 0 Å². The first-order valence-electron chi connectivity index (χ1n) is 6.87. The average molecular weight is 306 g/mol. The van der Waals surface area contributed by atoms with Gasteiger partial charge in [0.05, 0.1) is 5.75 Å². The van der Waals surface area contributed by atoms with Crippen molar-refractivity contribution < 1.29 is 18.3 Å². The second kappa shape index (κ2) is 5.89. The van der Waals surface area contributed by atoms with Crippen LogP contribution in [0.2, 0.25) is 0 Å². The Morgan fingerprint density at radius 1 is 1.35 bits per heavy atom. The molecular weight excluding hydrogens is 280 g/mol. The van der Waals surface area contributed by atoms with Gasteiger partial charge in [-0.1, -0.05) is 0 Å². The molecule has 1 aliphatic carbocycles. The van der Waals surface area contributed by atoms with E-state index in [1.807, 2.05) is 20.8 Å². The molecule has 0 radical (unpaired) electrons. The molecule has 6 nitrogen and oxygen atoms in total. The number of carboxylic acid groups (broad SMARTS) is 1. The Labute approximate surface area is 121 Å². The van der Waals surface area contributed by atoms with Crippen LogP contribution in [0, 0.1) is 5.92 Å². The maximum absolute atomic E-state index is 11.5. The Morgan fingerprint density at radius 2 is 1.90 bits per heavy atom. The highest BCUT2D eigenvalue weighted by Gasteiger charge is 2.39. The molecule has 0 aromatic heterocycles. The predicted octanol–water partition coefficient (Wildman–Crippen LogP) is 1.31. The molecule has 1 amide bonds. The second-order valence-corrected chi connectivity index (χ2v) is 8.99. The minimum absolute atomic E-state index is 0.0300. The normalized spacial score (nSPS) is 28.1. The highest BCUT2D eigenvalue weighted by atomic mass is 32.2. The van der Waals surface area contributed by atoms with Crippen LogP contribution in [0.25, 0.3) is 0 Å². The summed E-state index contributed by atoms with van der Waals surface area (Å²) in [4.78, 5) is 12.9. The van der Waals surface area contributed by atoms with Gasteiger partial charge in [0.15, 0.2) is 0 Å². The van der Waals surface area contributed by atoms with Gasteiger partial charge in [0, 0.05) is 23.9 Å². The fourth-order valence-corrected chi connectivity index (χ4v) is 4.23. The topological polar surface area (TPSA) is 101 Å². The van der Waals surface area contributed by atoms with Crippen LogP contribution in [0.4, 0.5) is 4.79 Å². The molecule has 3 N–H and O–H groups in total. The van der Waals surface area contributed by atoms with Crippen LogP contribution in [0.3, 0.4) is 0 Å². The second-order valence-electron chi connectivity index (χ2n) is 6.81. The van der Waals surface area contributed by atoms with Gasteiger partial charge in [0.2, 0.25) is 0 Å². The third kappa shape index (κ3) is 4.63. The third-order valence-electron chi connectivity index (χ3n) is 3.82. The summed E-state index contributed by atoms with van der Waals surface area (Å²) in [7, 11) is -3.11. The molecule has 7 heteroatoms. The zero-order valence-corrected chi connectivity index (χ0v) is 13.5. The summed E-state index contributed by atoms with van der Waals surface area (Å²) in [6.07, 6.45) is 2.09.